The molecule has 17 heavy (non-hydrogen) atoms. The summed E-state index contributed by atoms with van der Waals surface area (Å²) in [6, 6.07) is 0. The lowest BCUT2D eigenvalue weighted by Gasteiger charge is -2.12. The number of nitrogens with zero attached hydrogens (tertiary/aromatic N) is 2. The highest BCUT2D eigenvalue weighted by atomic mass is 35.5. The molecule has 0 aliphatic heterocycles. The number of hydrogen-bond donors (Lipinski definition) is 2. The third-order valence-corrected chi connectivity index (χ3v) is 3.24. The second kappa shape index (κ2) is 5.31. The average Bonchev–Trinajstić information content (AvgIpc) is 2.78. The Kier molecular flexibility index (Phi) is 3.78. The Labute approximate surface area is 105 Å². The molecule has 1 fully saturated rings. The first-order valence-corrected chi connectivity index (χ1v) is 6.11. The van der Waals surface area contributed by atoms with Gasteiger partial charge in [-0.05, 0) is 30.4 Å². The number of halogens is 1. The van der Waals surface area contributed by atoms with Crippen molar-refractivity contribution in [1.82, 2.24) is 9.97 Å². The van der Waals surface area contributed by atoms with Crippen molar-refractivity contribution in [2.75, 3.05) is 11.9 Å². The second-order valence-corrected chi connectivity index (χ2v) is 4.64. The van der Waals surface area contributed by atoms with E-state index < -0.39 is 5.91 Å². The van der Waals surface area contributed by atoms with Crippen LogP contribution in [0.3, 0.4) is 0 Å². The first-order valence-electron chi connectivity index (χ1n) is 5.73. The molecule has 6 heteroatoms. The molecule has 1 aromatic heterocycles. The van der Waals surface area contributed by atoms with Gasteiger partial charge in [-0.3, -0.25) is 4.79 Å². The summed E-state index contributed by atoms with van der Waals surface area (Å²) >= 11 is 5.70. The summed E-state index contributed by atoms with van der Waals surface area (Å²) in [5, 5.41) is 3.26. The molecule has 0 radical (unpaired) electrons. The van der Waals surface area contributed by atoms with E-state index in [-0.39, 0.29) is 10.8 Å². The largest absolute Gasteiger partial charge is 0.369 e. The van der Waals surface area contributed by atoms with Crippen molar-refractivity contribution >= 4 is 23.3 Å². The van der Waals surface area contributed by atoms with Gasteiger partial charge in [-0.15, -0.1) is 0 Å². The fraction of sp³-hybridized carbons (Fsp3) is 0.545. The first kappa shape index (κ1) is 12.1. The van der Waals surface area contributed by atoms with Gasteiger partial charge < -0.3 is 11.1 Å². The minimum absolute atomic E-state index is 0.115. The van der Waals surface area contributed by atoms with Gasteiger partial charge >= 0.3 is 0 Å². The molecule has 0 aromatic carbocycles. The monoisotopic (exact) mass is 254 g/mol. The number of aromatic nitrogens is 2. The molecule has 1 amide bonds. The predicted molar refractivity (Wildman–Crippen MR) is 66.0 cm³/mol. The quantitative estimate of drug-likeness (QED) is 0.804. The van der Waals surface area contributed by atoms with Crippen LogP contribution in [0.1, 0.15) is 36.0 Å². The SMILES string of the molecule is NC(=O)c1cnc(Cl)nc1NCC1CCCC1. The third-order valence-electron chi connectivity index (χ3n) is 3.06. The molecule has 0 atom stereocenters. The van der Waals surface area contributed by atoms with E-state index in [0.29, 0.717) is 11.7 Å². The fourth-order valence-electron chi connectivity index (χ4n) is 2.13. The summed E-state index contributed by atoms with van der Waals surface area (Å²) in [6.45, 7) is 0.799. The minimum Gasteiger partial charge on any atom is -0.369 e. The summed E-state index contributed by atoms with van der Waals surface area (Å²) in [6.07, 6.45) is 6.35. The Balaban J connectivity index is 2.07. The van der Waals surface area contributed by atoms with E-state index in [2.05, 4.69) is 15.3 Å². The van der Waals surface area contributed by atoms with Crippen LogP contribution in [0.15, 0.2) is 6.20 Å². The van der Waals surface area contributed by atoms with Crippen molar-refractivity contribution in [3.05, 3.63) is 17.0 Å². The van der Waals surface area contributed by atoms with Gasteiger partial charge in [-0.1, -0.05) is 12.8 Å². The van der Waals surface area contributed by atoms with Crippen LogP contribution in [0.5, 0.6) is 0 Å². The molecular weight excluding hydrogens is 240 g/mol. The Bertz CT molecular complexity index is 418. The molecule has 3 N–H and O–H groups in total. The van der Waals surface area contributed by atoms with E-state index in [0.717, 1.165) is 6.54 Å². The molecule has 0 saturated heterocycles. The zero-order chi connectivity index (χ0) is 12.3. The maximum absolute atomic E-state index is 11.2. The van der Waals surface area contributed by atoms with Crippen LogP contribution in [-0.4, -0.2) is 22.4 Å². The Morgan fingerprint density at radius 2 is 2.24 bits per heavy atom. The zero-order valence-electron chi connectivity index (χ0n) is 9.45. The van der Waals surface area contributed by atoms with Crippen LogP contribution < -0.4 is 11.1 Å². The molecular formula is C11H15ClN4O. The summed E-state index contributed by atoms with van der Waals surface area (Å²) in [5.74, 6) is 0.532. The van der Waals surface area contributed by atoms with Crippen molar-refractivity contribution in [3.8, 4) is 0 Å². The smallest absolute Gasteiger partial charge is 0.254 e. The molecule has 1 saturated carbocycles. The Hall–Kier alpha value is -1.36. The molecule has 2 rings (SSSR count). The number of carbonyl (C=O) groups excluding carboxylic acids is 1. The Morgan fingerprint density at radius 1 is 1.53 bits per heavy atom. The van der Waals surface area contributed by atoms with Crippen LogP contribution in [-0.2, 0) is 0 Å². The standard InChI is InChI=1S/C11H15ClN4O/c12-11-15-6-8(9(13)17)10(16-11)14-5-7-3-1-2-4-7/h6-7H,1-5H2,(H2,13,17)(H,14,15,16). The van der Waals surface area contributed by atoms with Gasteiger partial charge in [0.05, 0.1) is 5.56 Å². The number of rotatable bonds is 4. The summed E-state index contributed by atoms with van der Waals surface area (Å²) in [5.41, 5.74) is 5.53. The summed E-state index contributed by atoms with van der Waals surface area (Å²) in [4.78, 5) is 18.9. The topological polar surface area (TPSA) is 80.9 Å². The number of primary amides is 1. The molecule has 1 heterocycles. The molecule has 5 nitrogen and oxygen atoms in total. The van der Waals surface area contributed by atoms with E-state index >= 15 is 0 Å². The van der Waals surface area contributed by atoms with Crippen molar-refractivity contribution < 1.29 is 4.79 Å². The van der Waals surface area contributed by atoms with Gasteiger partial charge in [0, 0.05) is 12.7 Å². The van der Waals surface area contributed by atoms with E-state index in [1.54, 1.807) is 0 Å². The first-order chi connectivity index (χ1) is 8.16. The lowest BCUT2D eigenvalue weighted by Crippen LogP contribution is -2.19. The van der Waals surface area contributed by atoms with Crippen molar-refractivity contribution in [3.63, 3.8) is 0 Å². The number of nitrogens with two attached hydrogens (primary N) is 1. The highest BCUT2D eigenvalue weighted by Gasteiger charge is 2.17. The zero-order valence-corrected chi connectivity index (χ0v) is 10.2. The van der Waals surface area contributed by atoms with Crippen LogP contribution >= 0.6 is 11.6 Å². The molecule has 1 aliphatic carbocycles. The van der Waals surface area contributed by atoms with Gasteiger partial charge in [0.25, 0.3) is 5.91 Å². The lowest BCUT2D eigenvalue weighted by molar-refractivity contribution is 0.100. The number of carbonyl (C=O) groups is 1. The predicted octanol–water partition coefficient (Wildman–Crippen LogP) is 1.83. The summed E-state index contributed by atoms with van der Waals surface area (Å²) < 4.78 is 0. The van der Waals surface area contributed by atoms with Crippen molar-refractivity contribution in [1.29, 1.82) is 0 Å². The van der Waals surface area contributed by atoms with Gasteiger partial charge in [0.2, 0.25) is 5.28 Å². The Morgan fingerprint density at radius 3 is 2.88 bits per heavy atom. The second-order valence-electron chi connectivity index (χ2n) is 4.30. The molecule has 92 valence electrons. The third kappa shape index (κ3) is 3.06. The number of nitrogens with one attached hydrogen (secondary N) is 1. The molecule has 1 aliphatic rings. The van der Waals surface area contributed by atoms with Gasteiger partial charge in [-0.25, -0.2) is 4.98 Å². The average molecular weight is 255 g/mol. The fourth-order valence-corrected chi connectivity index (χ4v) is 2.26. The highest BCUT2D eigenvalue weighted by Crippen LogP contribution is 2.25. The van der Waals surface area contributed by atoms with Gasteiger partial charge in [0.15, 0.2) is 0 Å². The van der Waals surface area contributed by atoms with Crippen LogP contribution in [0, 0.1) is 5.92 Å². The van der Waals surface area contributed by atoms with E-state index in [4.69, 9.17) is 17.3 Å². The summed E-state index contributed by atoms with van der Waals surface area (Å²) in [7, 11) is 0. The highest BCUT2D eigenvalue weighted by molar-refractivity contribution is 6.28. The van der Waals surface area contributed by atoms with E-state index in [9.17, 15) is 4.79 Å². The number of hydrogen-bond acceptors (Lipinski definition) is 4. The van der Waals surface area contributed by atoms with Crippen LogP contribution in [0.4, 0.5) is 5.82 Å². The van der Waals surface area contributed by atoms with Crippen LogP contribution in [0.2, 0.25) is 5.28 Å². The van der Waals surface area contributed by atoms with Crippen LogP contribution in [0.25, 0.3) is 0 Å². The maximum Gasteiger partial charge on any atom is 0.254 e. The van der Waals surface area contributed by atoms with E-state index in [1.165, 1.54) is 31.9 Å². The lowest BCUT2D eigenvalue weighted by atomic mass is 10.1. The van der Waals surface area contributed by atoms with Crippen molar-refractivity contribution in [2.45, 2.75) is 25.7 Å². The van der Waals surface area contributed by atoms with Gasteiger partial charge in [0.1, 0.15) is 5.82 Å². The molecule has 0 unspecified atom stereocenters. The minimum atomic E-state index is -0.546. The van der Waals surface area contributed by atoms with Crippen molar-refractivity contribution in [2.24, 2.45) is 11.7 Å². The molecule has 1 aromatic rings. The molecule has 0 bridgehead atoms. The number of amides is 1. The van der Waals surface area contributed by atoms with E-state index in [1.807, 2.05) is 0 Å². The molecule has 0 spiro atoms. The maximum atomic E-state index is 11.2. The normalized spacial score (nSPS) is 16.1. The number of anilines is 1. The van der Waals surface area contributed by atoms with Gasteiger partial charge in [-0.2, -0.15) is 4.98 Å².